The molecule has 5 nitrogen and oxygen atoms in total. The Kier molecular flexibility index (Phi) is 3.02. The van der Waals surface area contributed by atoms with Crippen molar-refractivity contribution in [3.8, 4) is 0 Å². The first-order valence-electron chi connectivity index (χ1n) is 8.88. The van der Waals surface area contributed by atoms with Crippen LogP contribution in [0, 0.1) is 0 Å². The number of urea groups is 1. The van der Waals surface area contributed by atoms with Crippen molar-refractivity contribution in [1.29, 1.82) is 0 Å². The monoisotopic (exact) mass is 332 g/mol. The number of para-hydroxylation sites is 1. The summed E-state index contributed by atoms with van der Waals surface area (Å²) in [7, 11) is 0. The van der Waals surface area contributed by atoms with Crippen LogP contribution in [0.15, 0.2) is 57.7 Å². The number of piperidine rings is 1. The molecule has 3 heterocycles. The normalized spacial score (nSPS) is 23.0. The van der Waals surface area contributed by atoms with E-state index in [1.807, 2.05) is 6.07 Å². The van der Waals surface area contributed by atoms with Gasteiger partial charge in [-0.15, -0.1) is 0 Å². The van der Waals surface area contributed by atoms with Gasteiger partial charge in [-0.05, 0) is 25.3 Å². The summed E-state index contributed by atoms with van der Waals surface area (Å²) in [4.78, 5) is 23.5. The first-order valence-corrected chi connectivity index (χ1v) is 8.88. The SMILES string of the molecule is NC(=O)N1CCC2(CC1)N=C1CC=CCC1=C1N=c3ccccc3=C12. The van der Waals surface area contributed by atoms with E-state index in [-0.39, 0.29) is 11.6 Å². The molecule has 5 rings (SSSR count). The first kappa shape index (κ1) is 14.6. The molecule has 0 radical (unpaired) electrons. The maximum Gasteiger partial charge on any atom is 0.314 e. The second-order valence-electron chi connectivity index (χ2n) is 7.13. The van der Waals surface area contributed by atoms with Crippen molar-refractivity contribution in [3.63, 3.8) is 0 Å². The Labute approximate surface area is 146 Å². The number of rotatable bonds is 0. The molecule has 25 heavy (non-hydrogen) atoms. The van der Waals surface area contributed by atoms with E-state index >= 15 is 0 Å². The maximum atomic E-state index is 11.5. The van der Waals surface area contributed by atoms with Crippen molar-refractivity contribution >= 4 is 17.3 Å². The van der Waals surface area contributed by atoms with Crippen LogP contribution >= 0.6 is 0 Å². The van der Waals surface area contributed by atoms with Gasteiger partial charge in [0.15, 0.2) is 0 Å². The number of hydrogen-bond donors (Lipinski definition) is 1. The lowest BCUT2D eigenvalue weighted by Crippen LogP contribution is -2.50. The van der Waals surface area contributed by atoms with Crippen molar-refractivity contribution in [2.75, 3.05) is 13.1 Å². The third-order valence-corrected chi connectivity index (χ3v) is 5.79. The maximum absolute atomic E-state index is 11.5. The molecule has 0 aromatic heterocycles. The van der Waals surface area contributed by atoms with E-state index < -0.39 is 0 Å². The summed E-state index contributed by atoms with van der Waals surface area (Å²) in [5.41, 5.74) is 10.0. The molecule has 5 heteroatoms. The molecule has 0 unspecified atom stereocenters. The van der Waals surface area contributed by atoms with Crippen LogP contribution in [0.2, 0.25) is 0 Å². The number of nitrogens with two attached hydrogens (primary N) is 1. The summed E-state index contributed by atoms with van der Waals surface area (Å²) < 4.78 is 0. The van der Waals surface area contributed by atoms with Crippen molar-refractivity contribution in [1.82, 2.24) is 4.90 Å². The van der Waals surface area contributed by atoms with E-state index in [1.165, 1.54) is 22.1 Å². The van der Waals surface area contributed by atoms with E-state index in [0.717, 1.165) is 36.7 Å². The number of likely N-dealkylation sites (tertiary alicyclic amines) is 1. The van der Waals surface area contributed by atoms with Gasteiger partial charge in [0.2, 0.25) is 0 Å². The topological polar surface area (TPSA) is 71.1 Å². The minimum atomic E-state index is -0.336. The Balaban J connectivity index is 1.72. The minimum Gasteiger partial charge on any atom is -0.351 e. The zero-order chi connectivity index (χ0) is 17.0. The predicted octanol–water partition coefficient (Wildman–Crippen LogP) is 1.44. The molecule has 1 aromatic carbocycles. The highest BCUT2D eigenvalue weighted by Gasteiger charge is 2.45. The number of primary amides is 1. The van der Waals surface area contributed by atoms with E-state index in [0.29, 0.717) is 13.1 Å². The molecule has 0 atom stereocenters. The Bertz CT molecular complexity index is 991. The van der Waals surface area contributed by atoms with E-state index in [2.05, 4.69) is 30.4 Å². The fraction of sp³-hybridized carbons (Fsp3) is 0.350. The van der Waals surface area contributed by atoms with Crippen LogP contribution in [-0.4, -0.2) is 35.3 Å². The lowest BCUT2D eigenvalue weighted by Gasteiger charge is -2.43. The summed E-state index contributed by atoms with van der Waals surface area (Å²) in [6.07, 6.45) is 7.80. The summed E-state index contributed by atoms with van der Waals surface area (Å²) >= 11 is 0. The van der Waals surface area contributed by atoms with Crippen LogP contribution in [0.3, 0.4) is 0 Å². The molecule has 2 N–H and O–H groups in total. The number of aliphatic imine (C=N–C) groups is 1. The highest BCUT2D eigenvalue weighted by molar-refractivity contribution is 6.08. The first-order chi connectivity index (χ1) is 12.2. The molecule has 1 spiro atoms. The molecule has 0 saturated carbocycles. The number of nitrogens with zero attached hydrogens (tertiary/aromatic N) is 3. The largest absolute Gasteiger partial charge is 0.351 e. The number of allylic oxidation sites excluding steroid dienone is 3. The molecular formula is C20H20N4O. The van der Waals surface area contributed by atoms with Crippen molar-refractivity contribution in [2.45, 2.75) is 31.2 Å². The van der Waals surface area contributed by atoms with Gasteiger partial charge in [-0.25, -0.2) is 9.79 Å². The number of carbonyl (C=O) groups is 1. The summed E-state index contributed by atoms with van der Waals surface area (Å²) in [6, 6.07) is 8.01. The highest BCUT2D eigenvalue weighted by Crippen LogP contribution is 2.45. The molecule has 126 valence electrons. The summed E-state index contributed by atoms with van der Waals surface area (Å²) in [5, 5.41) is 2.25. The number of hydrogen-bond acceptors (Lipinski definition) is 3. The Morgan fingerprint density at radius 2 is 1.88 bits per heavy atom. The van der Waals surface area contributed by atoms with Crippen molar-refractivity contribution < 1.29 is 4.79 Å². The number of benzene rings is 1. The van der Waals surface area contributed by atoms with E-state index in [9.17, 15) is 4.79 Å². The van der Waals surface area contributed by atoms with Gasteiger partial charge in [-0.2, -0.15) is 0 Å². The Hall–Kier alpha value is -2.69. The van der Waals surface area contributed by atoms with Crippen LogP contribution in [0.25, 0.3) is 5.57 Å². The zero-order valence-corrected chi connectivity index (χ0v) is 14.0. The molecular weight excluding hydrogens is 312 g/mol. The zero-order valence-electron chi connectivity index (χ0n) is 14.0. The standard InChI is InChI=1S/C20H20N4O/c21-19(25)24-11-9-20(10-12-24)17-13-5-1-3-7-15(13)22-18(17)14-6-2-4-8-16(14)23-20/h1-5,7H,6,8-12H2,(H2,21,25). The summed E-state index contributed by atoms with van der Waals surface area (Å²) in [5.74, 6) is 0. The van der Waals surface area contributed by atoms with Gasteiger partial charge in [-0.3, -0.25) is 4.99 Å². The van der Waals surface area contributed by atoms with Crippen LogP contribution in [0.4, 0.5) is 4.79 Å². The average Bonchev–Trinajstić information content (AvgIpc) is 3.03. The highest BCUT2D eigenvalue weighted by atomic mass is 16.2. The van der Waals surface area contributed by atoms with Gasteiger partial charge in [0, 0.05) is 41.6 Å². The number of amides is 2. The molecule has 4 aliphatic rings. The van der Waals surface area contributed by atoms with Crippen LogP contribution in [0.5, 0.6) is 0 Å². The number of carbonyl (C=O) groups excluding carboxylic acids is 1. The average molecular weight is 332 g/mol. The molecule has 0 bridgehead atoms. The quantitative estimate of drug-likeness (QED) is 0.718. The van der Waals surface area contributed by atoms with Crippen molar-refractivity contribution in [2.24, 2.45) is 15.7 Å². The van der Waals surface area contributed by atoms with Gasteiger partial charge in [0.1, 0.15) is 0 Å². The van der Waals surface area contributed by atoms with Gasteiger partial charge in [-0.1, -0.05) is 30.4 Å². The number of dihydropyridines is 1. The molecule has 1 fully saturated rings. The van der Waals surface area contributed by atoms with Gasteiger partial charge in [0.05, 0.1) is 16.6 Å². The molecule has 1 aromatic rings. The van der Waals surface area contributed by atoms with Gasteiger partial charge >= 0.3 is 6.03 Å². The third kappa shape index (κ3) is 2.05. The van der Waals surface area contributed by atoms with Gasteiger partial charge < -0.3 is 10.6 Å². The van der Waals surface area contributed by atoms with Gasteiger partial charge in [0.25, 0.3) is 0 Å². The lowest BCUT2D eigenvalue weighted by atomic mass is 9.74. The van der Waals surface area contributed by atoms with Crippen molar-refractivity contribution in [3.05, 3.63) is 58.3 Å². The Morgan fingerprint density at radius 3 is 2.68 bits per heavy atom. The second-order valence-corrected chi connectivity index (χ2v) is 7.13. The molecule has 3 aliphatic heterocycles. The van der Waals surface area contributed by atoms with E-state index in [4.69, 9.17) is 15.7 Å². The smallest absolute Gasteiger partial charge is 0.314 e. The third-order valence-electron chi connectivity index (χ3n) is 5.79. The Morgan fingerprint density at radius 1 is 1.12 bits per heavy atom. The van der Waals surface area contributed by atoms with Crippen LogP contribution < -0.4 is 16.3 Å². The van der Waals surface area contributed by atoms with Crippen LogP contribution in [0.1, 0.15) is 25.7 Å². The fourth-order valence-corrected chi connectivity index (χ4v) is 4.53. The van der Waals surface area contributed by atoms with E-state index in [1.54, 1.807) is 4.90 Å². The summed E-state index contributed by atoms with van der Waals surface area (Å²) in [6.45, 7) is 1.30. The molecule has 1 saturated heterocycles. The minimum absolute atomic E-state index is 0.276. The molecule has 2 amide bonds. The second kappa shape index (κ2) is 5.15. The van der Waals surface area contributed by atoms with Crippen LogP contribution in [-0.2, 0) is 0 Å². The lowest BCUT2D eigenvalue weighted by molar-refractivity contribution is 0.181. The fourth-order valence-electron chi connectivity index (χ4n) is 4.53. The number of fused-ring (bicyclic) bond motifs is 4. The predicted molar refractivity (Wildman–Crippen MR) is 96.6 cm³/mol. The molecule has 1 aliphatic carbocycles.